The molecular formula is C9H12N4O. The van der Waals surface area contributed by atoms with E-state index in [9.17, 15) is 0 Å². The van der Waals surface area contributed by atoms with E-state index in [-0.39, 0.29) is 0 Å². The molecule has 2 aromatic heterocycles. The molecule has 0 atom stereocenters. The van der Waals surface area contributed by atoms with Crippen LogP contribution in [0.1, 0.15) is 12.7 Å². The van der Waals surface area contributed by atoms with Gasteiger partial charge in [-0.05, 0) is 19.1 Å². The highest BCUT2D eigenvalue weighted by atomic mass is 16.3. The Balaban J connectivity index is 2.38. The quantitative estimate of drug-likeness (QED) is 0.788. The highest BCUT2D eigenvalue weighted by Crippen LogP contribution is 2.19. The van der Waals surface area contributed by atoms with E-state index in [4.69, 9.17) is 10.2 Å². The molecule has 2 rings (SSSR count). The lowest BCUT2D eigenvalue weighted by atomic mass is 10.4. The second-order valence-electron chi connectivity index (χ2n) is 2.91. The summed E-state index contributed by atoms with van der Waals surface area (Å²) >= 11 is 0. The minimum atomic E-state index is 0.403. The number of furan rings is 1. The van der Waals surface area contributed by atoms with E-state index in [2.05, 4.69) is 10.2 Å². The molecule has 5 nitrogen and oxygen atoms in total. The molecule has 0 unspecified atom stereocenters. The Kier molecular flexibility index (Phi) is 2.32. The molecule has 14 heavy (non-hydrogen) atoms. The van der Waals surface area contributed by atoms with Crippen molar-refractivity contribution in [1.82, 2.24) is 14.8 Å². The Morgan fingerprint density at radius 3 is 3.00 bits per heavy atom. The minimum absolute atomic E-state index is 0.403. The van der Waals surface area contributed by atoms with Gasteiger partial charge in [-0.25, -0.2) is 0 Å². The molecule has 0 saturated heterocycles. The molecule has 5 heteroatoms. The molecule has 0 aliphatic carbocycles. The Morgan fingerprint density at radius 1 is 1.50 bits per heavy atom. The molecule has 2 N–H and O–H groups in total. The number of aryl methyl sites for hydroxylation is 1. The number of nitrogens with two attached hydrogens (primary N) is 1. The van der Waals surface area contributed by atoms with Crippen molar-refractivity contribution in [3.8, 4) is 11.6 Å². The zero-order valence-electron chi connectivity index (χ0n) is 7.97. The highest BCUT2D eigenvalue weighted by molar-refractivity contribution is 5.46. The number of aromatic nitrogens is 3. The van der Waals surface area contributed by atoms with Crippen molar-refractivity contribution < 1.29 is 4.42 Å². The van der Waals surface area contributed by atoms with Crippen molar-refractivity contribution in [3.63, 3.8) is 0 Å². The summed E-state index contributed by atoms with van der Waals surface area (Å²) in [6.07, 6.45) is 1.68. The number of rotatable bonds is 3. The summed E-state index contributed by atoms with van der Waals surface area (Å²) in [4.78, 5) is 0. The first-order valence-electron chi connectivity index (χ1n) is 4.52. The van der Waals surface area contributed by atoms with Crippen LogP contribution < -0.4 is 5.73 Å². The third-order valence-corrected chi connectivity index (χ3v) is 2.04. The zero-order valence-corrected chi connectivity index (χ0v) is 7.97. The van der Waals surface area contributed by atoms with Crippen LogP contribution in [0.3, 0.4) is 0 Å². The molecule has 0 saturated carbocycles. The summed E-state index contributed by atoms with van der Waals surface area (Å²) in [6, 6.07) is 3.71. The monoisotopic (exact) mass is 192 g/mol. The van der Waals surface area contributed by atoms with Crippen molar-refractivity contribution in [2.75, 3.05) is 0 Å². The first-order valence-corrected chi connectivity index (χ1v) is 4.52. The molecule has 0 spiro atoms. The second kappa shape index (κ2) is 3.63. The van der Waals surface area contributed by atoms with E-state index < -0.39 is 0 Å². The summed E-state index contributed by atoms with van der Waals surface area (Å²) in [5.74, 6) is 2.21. The van der Waals surface area contributed by atoms with Gasteiger partial charge in [0.15, 0.2) is 11.6 Å². The summed E-state index contributed by atoms with van der Waals surface area (Å²) in [5, 5.41) is 7.81. The Morgan fingerprint density at radius 2 is 2.36 bits per heavy atom. The van der Waals surface area contributed by atoms with Crippen molar-refractivity contribution in [3.05, 3.63) is 24.2 Å². The van der Waals surface area contributed by atoms with E-state index >= 15 is 0 Å². The summed E-state index contributed by atoms with van der Waals surface area (Å²) in [7, 11) is 0. The van der Waals surface area contributed by atoms with Crippen LogP contribution in [0.2, 0.25) is 0 Å². The van der Waals surface area contributed by atoms with Gasteiger partial charge in [-0.1, -0.05) is 0 Å². The molecule has 0 fully saturated rings. The molecule has 0 bridgehead atoms. The van der Waals surface area contributed by atoms with Gasteiger partial charge in [-0.15, -0.1) is 10.2 Å². The molecule has 74 valence electrons. The van der Waals surface area contributed by atoms with E-state index in [0.717, 1.165) is 18.1 Å². The van der Waals surface area contributed by atoms with Gasteiger partial charge in [-0.2, -0.15) is 0 Å². The first kappa shape index (κ1) is 8.96. The lowest BCUT2D eigenvalue weighted by molar-refractivity contribution is 0.517. The van der Waals surface area contributed by atoms with Gasteiger partial charge in [-0.3, -0.25) is 0 Å². The predicted octanol–water partition coefficient (Wildman–Crippen LogP) is 1.02. The van der Waals surface area contributed by atoms with Crippen LogP contribution in [0, 0.1) is 0 Å². The van der Waals surface area contributed by atoms with Gasteiger partial charge in [0.2, 0.25) is 0 Å². The average Bonchev–Trinajstić information content (AvgIpc) is 2.85. The van der Waals surface area contributed by atoms with Crippen LogP contribution in [-0.4, -0.2) is 14.8 Å². The van der Waals surface area contributed by atoms with Crippen LogP contribution in [-0.2, 0) is 13.1 Å². The van der Waals surface area contributed by atoms with Crippen molar-refractivity contribution in [1.29, 1.82) is 0 Å². The van der Waals surface area contributed by atoms with Gasteiger partial charge < -0.3 is 14.7 Å². The van der Waals surface area contributed by atoms with Crippen molar-refractivity contribution >= 4 is 0 Å². The smallest absolute Gasteiger partial charge is 0.199 e. The Labute approximate surface area is 81.5 Å². The van der Waals surface area contributed by atoms with Crippen LogP contribution in [0.25, 0.3) is 11.6 Å². The van der Waals surface area contributed by atoms with Gasteiger partial charge >= 0.3 is 0 Å². The van der Waals surface area contributed by atoms with E-state index in [0.29, 0.717) is 12.3 Å². The van der Waals surface area contributed by atoms with E-state index in [1.54, 1.807) is 6.33 Å². The third-order valence-electron chi connectivity index (χ3n) is 2.04. The fourth-order valence-corrected chi connectivity index (χ4v) is 1.29. The lowest BCUT2D eigenvalue weighted by Gasteiger charge is -1.98. The number of hydrogen-bond donors (Lipinski definition) is 1. The van der Waals surface area contributed by atoms with Crippen molar-refractivity contribution in [2.24, 2.45) is 5.73 Å². The van der Waals surface area contributed by atoms with Gasteiger partial charge in [0.05, 0.1) is 6.54 Å². The van der Waals surface area contributed by atoms with Crippen molar-refractivity contribution in [2.45, 2.75) is 20.0 Å². The fourth-order valence-electron chi connectivity index (χ4n) is 1.29. The van der Waals surface area contributed by atoms with Crippen LogP contribution in [0.5, 0.6) is 0 Å². The lowest BCUT2D eigenvalue weighted by Crippen LogP contribution is -1.95. The standard InChI is InChI=1S/C9H12N4O/c1-2-13-6-11-12-9(13)8-4-3-7(5-10)14-8/h3-4,6H,2,5,10H2,1H3. The maximum Gasteiger partial charge on any atom is 0.199 e. The molecular weight excluding hydrogens is 180 g/mol. The Bertz CT molecular complexity index is 418. The maximum atomic E-state index is 5.47. The second-order valence-corrected chi connectivity index (χ2v) is 2.91. The largest absolute Gasteiger partial charge is 0.456 e. The molecule has 2 heterocycles. The van der Waals surface area contributed by atoms with E-state index in [1.807, 2.05) is 23.6 Å². The number of nitrogens with zero attached hydrogens (tertiary/aromatic N) is 3. The topological polar surface area (TPSA) is 69.9 Å². The average molecular weight is 192 g/mol. The normalized spacial score (nSPS) is 10.7. The maximum absolute atomic E-state index is 5.47. The molecule has 0 aliphatic heterocycles. The SMILES string of the molecule is CCn1cnnc1-c1ccc(CN)o1. The first-order chi connectivity index (χ1) is 6.85. The van der Waals surface area contributed by atoms with E-state index in [1.165, 1.54) is 0 Å². The molecule has 2 aromatic rings. The Hall–Kier alpha value is -1.62. The third kappa shape index (κ3) is 1.42. The zero-order chi connectivity index (χ0) is 9.97. The highest BCUT2D eigenvalue weighted by Gasteiger charge is 2.09. The van der Waals surface area contributed by atoms with Crippen LogP contribution >= 0.6 is 0 Å². The summed E-state index contributed by atoms with van der Waals surface area (Å²) in [5.41, 5.74) is 5.45. The van der Waals surface area contributed by atoms with Gasteiger partial charge in [0, 0.05) is 6.54 Å². The fraction of sp³-hybridized carbons (Fsp3) is 0.333. The van der Waals surface area contributed by atoms with Crippen LogP contribution in [0.4, 0.5) is 0 Å². The molecule has 0 radical (unpaired) electrons. The summed E-state index contributed by atoms with van der Waals surface area (Å²) in [6.45, 7) is 3.25. The summed E-state index contributed by atoms with van der Waals surface area (Å²) < 4.78 is 7.39. The predicted molar refractivity (Wildman–Crippen MR) is 51.3 cm³/mol. The van der Waals surface area contributed by atoms with Gasteiger partial charge in [0.25, 0.3) is 0 Å². The van der Waals surface area contributed by atoms with Gasteiger partial charge in [0.1, 0.15) is 12.1 Å². The molecule has 0 amide bonds. The molecule has 0 aromatic carbocycles. The minimum Gasteiger partial charge on any atom is -0.456 e. The number of hydrogen-bond acceptors (Lipinski definition) is 4. The van der Waals surface area contributed by atoms with Crippen LogP contribution in [0.15, 0.2) is 22.9 Å². The molecule has 0 aliphatic rings.